The van der Waals surface area contributed by atoms with Crippen molar-refractivity contribution < 1.29 is 4.74 Å². The van der Waals surface area contributed by atoms with Gasteiger partial charge in [0.2, 0.25) is 0 Å². The second-order valence-electron chi connectivity index (χ2n) is 9.00. The van der Waals surface area contributed by atoms with Gasteiger partial charge in [-0.3, -0.25) is 4.90 Å². The van der Waals surface area contributed by atoms with E-state index in [9.17, 15) is 0 Å². The van der Waals surface area contributed by atoms with Gasteiger partial charge in [0.1, 0.15) is 11.6 Å². The second kappa shape index (κ2) is 5.79. The lowest BCUT2D eigenvalue weighted by atomic mass is 10.1. The first-order valence-corrected chi connectivity index (χ1v) is 10.3. The van der Waals surface area contributed by atoms with Gasteiger partial charge in [-0.2, -0.15) is 0 Å². The Balaban J connectivity index is 1.27. The first kappa shape index (κ1) is 16.1. The van der Waals surface area contributed by atoms with Crippen LogP contribution in [0.4, 0.5) is 5.82 Å². The molecule has 142 valence electrons. The highest BCUT2D eigenvalue weighted by Gasteiger charge is 2.59. The predicted molar refractivity (Wildman–Crippen MR) is 103 cm³/mol. The Bertz CT molecular complexity index is 873. The number of aromatic nitrogens is 3. The van der Waals surface area contributed by atoms with E-state index in [1.165, 1.54) is 31.8 Å². The molecule has 6 heteroatoms. The van der Waals surface area contributed by atoms with Crippen molar-refractivity contribution in [3.05, 3.63) is 29.8 Å². The molecule has 2 saturated heterocycles. The highest BCUT2D eigenvalue weighted by Crippen LogP contribution is 2.58. The van der Waals surface area contributed by atoms with E-state index in [0.29, 0.717) is 17.8 Å². The molecule has 27 heavy (non-hydrogen) atoms. The molecular weight excluding hydrogens is 338 g/mol. The van der Waals surface area contributed by atoms with Crippen LogP contribution in [-0.2, 0) is 11.3 Å². The van der Waals surface area contributed by atoms with Gasteiger partial charge in [-0.05, 0) is 49.1 Å². The summed E-state index contributed by atoms with van der Waals surface area (Å²) in [6.07, 6.45) is 6.85. The van der Waals surface area contributed by atoms with Crippen LogP contribution in [0.25, 0.3) is 11.3 Å². The smallest absolute Gasteiger partial charge is 0.126 e. The van der Waals surface area contributed by atoms with Crippen molar-refractivity contribution in [2.24, 2.45) is 17.8 Å². The molecule has 0 aromatic carbocycles. The number of hydrogen-bond acceptors (Lipinski definition) is 5. The number of aryl methyl sites for hydroxylation is 1. The van der Waals surface area contributed by atoms with Crippen molar-refractivity contribution in [3.63, 3.8) is 0 Å². The Morgan fingerprint density at radius 1 is 1.22 bits per heavy atom. The van der Waals surface area contributed by atoms with Crippen LogP contribution in [0.5, 0.6) is 0 Å². The summed E-state index contributed by atoms with van der Waals surface area (Å²) in [5, 5.41) is 0. The molecule has 0 spiro atoms. The van der Waals surface area contributed by atoms with E-state index < -0.39 is 0 Å². The highest BCUT2D eigenvalue weighted by molar-refractivity contribution is 5.61. The first-order valence-electron chi connectivity index (χ1n) is 10.3. The molecule has 6 nitrogen and oxygen atoms in total. The molecule has 4 aliphatic rings. The summed E-state index contributed by atoms with van der Waals surface area (Å²) in [7, 11) is 0. The minimum Gasteiger partial charge on any atom is -0.383 e. The highest BCUT2D eigenvalue weighted by atomic mass is 16.5. The third-order valence-electron chi connectivity index (χ3n) is 7.03. The van der Waals surface area contributed by atoms with Crippen molar-refractivity contribution in [3.8, 4) is 11.3 Å². The van der Waals surface area contributed by atoms with Crippen LogP contribution in [0.3, 0.4) is 0 Å². The van der Waals surface area contributed by atoms with Gasteiger partial charge in [0, 0.05) is 43.5 Å². The van der Waals surface area contributed by atoms with Gasteiger partial charge in [-0.25, -0.2) is 9.97 Å². The van der Waals surface area contributed by atoms with E-state index in [2.05, 4.69) is 26.7 Å². The predicted octanol–water partition coefficient (Wildman–Crippen LogP) is 2.29. The number of piperidine rings is 1. The summed E-state index contributed by atoms with van der Waals surface area (Å²) in [6.45, 7) is 7.43. The number of nitrogens with zero attached hydrogens (tertiary/aromatic N) is 4. The number of likely N-dealkylation sites (tertiary alicyclic amines) is 1. The van der Waals surface area contributed by atoms with Crippen LogP contribution in [0.15, 0.2) is 18.5 Å². The lowest BCUT2D eigenvalue weighted by Crippen LogP contribution is -2.48. The van der Waals surface area contributed by atoms with E-state index in [-0.39, 0.29) is 0 Å². The molecular formula is C21H27N5O. The average Bonchev–Trinajstić information content (AvgIpc) is 3.44. The summed E-state index contributed by atoms with van der Waals surface area (Å²) in [4.78, 5) is 12.1. The number of fused-ring (bicyclic) bond motifs is 1. The Kier molecular flexibility index (Phi) is 3.44. The average molecular weight is 365 g/mol. The molecule has 0 unspecified atom stereocenters. The molecule has 2 saturated carbocycles. The first-order chi connectivity index (χ1) is 13.2. The fourth-order valence-corrected chi connectivity index (χ4v) is 4.96. The van der Waals surface area contributed by atoms with Gasteiger partial charge in [-0.15, -0.1) is 0 Å². The fourth-order valence-electron chi connectivity index (χ4n) is 4.96. The molecule has 0 radical (unpaired) electrons. The Morgan fingerprint density at radius 3 is 2.63 bits per heavy atom. The number of imidazole rings is 1. The maximum atomic E-state index is 5.90. The molecule has 4 heterocycles. The third kappa shape index (κ3) is 2.69. The largest absolute Gasteiger partial charge is 0.383 e. The quantitative estimate of drug-likeness (QED) is 0.880. The van der Waals surface area contributed by atoms with E-state index in [1.54, 1.807) is 0 Å². The van der Waals surface area contributed by atoms with Crippen LogP contribution in [0.1, 0.15) is 30.1 Å². The summed E-state index contributed by atoms with van der Waals surface area (Å²) >= 11 is 0. The zero-order valence-electron chi connectivity index (χ0n) is 15.8. The van der Waals surface area contributed by atoms with Crippen molar-refractivity contribution in [1.82, 2.24) is 19.4 Å². The molecule has 0 amide bonds. The number of pyridine rings is 1. The monoisotopic (exact) mass is 365 g/mol. The Hall–Kier alpha value is -1.92. The van der Waals surface area contributed by atoms with Crippen molar-refractivity contribution in [2.45, 2.75) is 38.3 Å². The minimum atomic E-state index is 0.605. The van der Waals surface area contributed by atoms with Gasteiger partial charge in [-0.1, -0.05) is 0 Å². The van der Waals surface area contributed by atoms with E-state index in [4.69, 9.17) is 15.5 Å². The lowest BCUT2D eigenvalue weighted by Gasteiger charge is -2.35. The molecule has 2 N–H and O–H groups in total. The van der Waals surface area contributed by atoms with Gasteiger partial charge in [0.25, 0.3) is 0 Å². The van der Waals surface area contributed by atoms with E-state index >= 15 is 0 Å². The van der Waals surface area contributed by atoms with Crippen LogP contribution < -0.4 is 5.73 Å². The molecule has 4 fully saturated rings. The van der Waals surface area contributed by atoms with Crippen LogP contribution in [0, 0.1) is 24.7 Å². The molecule has 6 rings (SSSR count). The number of anilines is 1. The van der Waals surface area contributed by atoms with Gasteiger partial charge >= 0.3 is 0 Å². The number of rotatable bonds is 5. The number of hydrogen-bond donors (Lipinski definition) is 1. The van der Waals surface area contributed by atoms with Gasteiger partial charge in [0.05, 0.1) is 24.9 Å². The third-order valence-corrected chi connectivity index (χ3v) is 7.03. The minimum absolute atomic E-state index is 0.605. The topological polar surface area (TPSA) is 69.2 Å². The number of nitrogens with two attached hydrogens (primary N) is 1. The normalized spacial score (nSPS) is 30.3. The Labute approximate surface area is 159 Å². The van der Waals surface area contributed by atoms with E-state index in [1.807, 2.05) is 13.1 Å². The molecule has 0 bridgehead atoms. The molecule has 2 aliphatic carbocycles. The molecule has 2 aromatic heterocycles. The summed E-state index contributed by atoms with van der Waals surface area (Å²) in [5.41, 5.74) is 9.05. The van der Waals surface area contributed by atoms with Crippen LogP contribution >= 0.6 is 0 Å². The zero-order chi connectivity index (χ0) is 18.1. The maximum Gasteiger partial charge on any atom is 0.126 e. The van der Waals surface area contributed by atoms with Gasteiger partial charge in [0.15, 0.2) is 0 Å². The van der Waals surface area contributed by atoms with Crippen LogP contribution in [0.2, 0.25) is 0 Å². The van der Waals surface area contributed by atoms with Gasteiger partial charge < -0.3 is 15.0 Å². The SMILES string of the molecule is Cc1cc(-c2cn(CC3CC3)c([C@H]3[C@@H]4CN(C5COC5)C[C@@H]43)n2)cnc1N. The summed E-state index contributed by atoms with van der Waals surface area (Å²) in [5.74, 6) is 4.96. The fraction of sp³-hybridized carbons (Fsp3) is 0.619. The zero-order valence-corrected chi connectivity index (χ0v) is 15.8. The van der Waals surface area contributed by atoms with E-state index in [0.717, 1.165) is 54.3 Å². The summed E-state index contributed by atoms with van der Waals surface area (Å²) < 4.78 is 7.83. The number of nitrogen functional groups attached to an aromatic ring is 1. The summed E-state index contributed by atoms with van der Waals surface area (Å²) in [6, 6.07) is 2.78. The lowest BCUT2D eigenvalue weighted by molar-refractivity contribution is -0.0610. The van der Waals surface area contributed by atoms with Crippen molar-refractivity contribution in [2.75, 3.05) is 32.0 Å². The molecule has 2 aliphatic heterocycles. The maximum absolute atomic E-state index is 5.90. The van der Waals surface area contributed by atoms with Crippen molar-refractivity contribution in [1.29, 1.82) is 0 Å². The second-order valence-corrected chi connectivity index (χ2v) is 9.00. The van der Waals surface area contributed by atoms with Crippen molar-refractivity contribution >= 4 is 5.82 Å². The Morgan fingerprint density at radius 2 is 2.00 bits per heavy atom. The standard InChI is InChI=1S/C21H27N5O/c1-12-4-14(5-23-20(12)22)18-9-26(6-13-2-3-13)21(24-18)19-16-7-25(8-17(16)19)15-10-27-11-15/h4-5,9,13,15-17,19H,2-3,6-8,10-11H2,1H3,(H2,22,23)/t16-,17+,19+. The molecule has 2 aromatic rings. The molecule has 3 atom stereocenters. The number of ether oxygens (including phenoxy) is 1. The van der Waals surface area contributed by atoms with Crippen LogP contribution in [-0.4, -0.2) is 51.8 Å².